The molecule has 1 aromatic heterocycles. The fraction of sp³-hybridized carbons (Fsp3) is 0.455. The number of ether oxygens (including phenoxy) is 1. The van der Waals surface area contributed by atoms with Crippen molar-refractivity contribution in [1.29, 1.82) is 5.26 Å². The van der Waals surface area contributed by atoms with Crippen molar-refractivity contribution in [3.05, 3.63) is 17.8 Å². The van der Waals surface area contributed by atoms with Crippen molar-refractivity contribution < 1.29 is 4.74 Å². The van der Waals surface area contributed by atoms with Crippen molar-refractivity contribution in [1.82, 2.24) is 9.88 Å². The van der Waals surface area contributed by atoms with Gasteiger partial charge in [-0.15, -0.1) is 0 Å². The van der Waals surface area contributed by atoms with Crippen molar-refractivity contribution in [2.45, 2.75) is 6.42 Å². The van der Waals surface area contributed by atoms with E-state index in [1.54, 1.807) is 6.07 Å². The Morgan fingerprint density at radius 2 is 2.31 bits per heavy atom. The van der Waals surface area contributed by atoms with E-state index in [1.165, 1.54) is 6.20 Å². The number of nitriles is 1. The van der Waals surface area contributed by atoms with Gasteiger partial charge in [-0.2, -0.15) is 5.26 Å². The molecule has 0 atom stereocenters. The van der Waals surface area contributed by atoms with Gasteiger partial charge in [-0.3, -0.25) is 0 Å². The molecule has 0 unspecified atom stereocenters. The molecule has 0 aliphatic carbocycles. The van der Waals surface area contributed by atoms with Gasteiger partial charge in [0.05, 0.1) is 18.5 Å². The van der Waals surface area contributed by atoms with E-state index in [4.69, 9.17) is 15.7 Å². The molecular formula is C11H16N4O. The highest BCUT2D eigenvalue weighted by Gasteiger charge is 2.05. The molecule has 0 aliphatic heterocycles. The lowest BCUT2D eigenvalue weighted by atomic mass is 10.3. The van der Waals surface area contributed by atoms with Gasteiger partial charge in [0.15, 0.2) is 0 Å². The number of nitrogens with zero attached hydrogens (tertiary/aromatic N) is 3. The Morgan fingerprint density at radius 1 is 1.56 bits per heavy atom. The zero-order valence-corrected chi connectivity index (χ0v) is 9.60. The highest BCUT2D eigenvalue weighted by Crippen LogP contribution is 2.16. The molecule has 5 heteroatoms. The average molecular weight is 220 g/mol. The van der Waals surface area contributed by atoms with Crippen LogP contribution in [0.4, 0.5) is 5.69 Å². The van der Waals surface area contributed by atoms with Crippen LogP contribution in [-0.4, -0.2) is 37.1 Å². The SMILES string of the molecule is CN(C)CCCOc1ncc(N)cc1C#N. The molecule has 0 saturated heterocycles. The van der Waals surface area contributed by atoms with E-state index in [0.29, 0.717) is 23.7 Å². The Balaban J connectivity index is 2.51. The summed E-state index contributed by atoms with van der Waals surface area (Å²) in [6, 6.07) is 3.57. The van der Waals surface area contributed by atoms with Gasteiger partial charge in [0.2, 0.25) is 5.88 Å². The number of pyridine rings is 1. The van der Waals surface area contributed by atoms with E-state index in [0.717, 1.165) is 13.0 Å². The molecule has 86 valence electrons. The maximum Gasteiger partial charge on any atom is 0.231 e. The number of nitrogen functional groups attached to an aromatic ring is 1. The van der Waals surface area contributed by atoms with Crippen molar-refractivity contribution in [3.63, 3.8) is 0 Å². The summed E-state index contributed by atoms with van der Waals surface area (Å²) in [4.78, 5) is 6.06. The third-order valence-corrected chi connectivity index (χ3v) is 1.98. The van der Waals surface area contributed by atoms with E-state index >= 15 is 0 Å². The minimum Gasteiger partial charge on any atom is -0.477 e. The maximum atomic E-state index is 8.85. The molecule has 1 heterocycles. The van der Waals surface area contributed by atoms with Crippen LogP contribution in [-0.2, 0) is 0 Å². The number of hydrogen-bond acceptors (Lipinski definition) is 5. The van der Waals surface area contributed by atoms with Gasteiger partial charge < -0.3 is 15.4 Å². The molecule has 0 aromatic carbocycles. The van der Waals surface area contributed by atoms with Gasteiger partial charge in [0.25, 0.3) is 0 Å². The third kappa shape index (κ3) is 3.75. The Labute approximate surface area is 95.4 Å². The zero-order chi connectivity index (χ0) is 12.0. The smallest absolute Gasteiger partial charge is 0.231 e. The second kappa shape index (κ2) is 5.93. The van der Waals surface area contributed by atoms with Crippen molar-refractivity contribution in [3.8, 4) is 11.9 Å². The van der Waals surface area contributed by atoms with Crippen LogP contribution in [0, 0.1) is 11.3 Å². The van der Waals surface area contributed by atoms with Crippen LogP contribution < -0.4 is 10.5 Å². The molecule has 0 aliphatic rings. The van der Waals surface area contributed by atoms with E-state index in [1.807, 2.05) is 20.2 Å². The molecule has 2 N–H and O–H groups in total. The number of rotatable bonds is 5. The van der Waals surface area contributed by atoms with E-state index in [2.05, 4.69) is 9.88 Å². The summed E-state index contributed by atoms with van der Waals surface area (Å²) < 4.78 is 5.42. The van der Waals surface area contributed by atoms with E-state index in [9.17, 15) is 0 Å². The molecule has 0 amide bonds. The predicted molar refractivity (Wildman–Crippen MR) is 62.0 cm³/mol. The summed E-state index contributed by atoms with van der Waals surface area (Å²) in [6.45, 7) is 1.49. The van der Waals surface area contributed by atoms with Crippen LogP contribution >= 0.6 is 0 Å². The zero-order valence-electron chi connectivity index (χ0n) is 9.60. The Hall–Kier alpha value is -1.80. The number of anilines is 1. The Bertz CT molecular complexity index is 384. The third-order valence-electron chi connectivity index (χ3n) is 1.98. The number of aromatic nitrogens is 1. The summed E-state index contributed by atoms with van der Waals surface area (Å²) in [5, 5.41) is 8.85. The van der Waals surface area contributed by atoms with Gasteiger partial charge >= 0.3 is 0 Å². The minimum absolute atomic E-state index is 0.357. The standard InChI is InChI=1S/C11H16N4O/c1-15(2)4-3-5-16-11-9(7-12)6-10(13)8-14-11/h6,8H,3-5,13H2,1-2H3. The first-order valence-electron chi connectivity index (χ1n) is 5.06. The molecule has 0 fully saturated rings. The molecule has 1 aromatic rings. The van der Waals surface area contributed by atoms with Gasteiger partial charge in [-0.25, -0.2) is 4.98 Å². The minimum atomic E-state index is 0.357. The van der Waals surface area contributed by atoms with Gasteiger partial charge in [-0.05, 0) is 26.6 Å². The first-order valence-corrected chi connectivity index (χ1v) is 5.06. The predicted octanol–water partition coefficient (Wildman–Crippen LogP) is 0.866. The van der Waals surface area contributed by atoms with Crippen molar-refractivity contribution in [2.24, 2.45) is 0 Å². The lowest BCUT2D eigenvalue weighted by Crippen LogP contribution is -2.16. The van der Waals surface area contributed by atoms with E-state index in [-0.39, 0.29) is 0 Å². The van der Waals surface area contributed by atoms with Gasteiger partial charge in [-0.1, -0.05) is 0 Å². The fourth-order valence-electron chi connectivity index (χ4n) is 1.21. The van der Waals surface area contributed by atoms with E-state index < -0.39 is 0 Å². The normalized spacial score (nSPS) is 10.1. The summed E-state index contributed by atoms with van der Waals surface area (Å²) in [7, 11) is 4.00. The largest absolute Gasteiger partial charge is 0.477 e. The van der Waals surface area contributed by atoms with Crippen molar-refractivity contribution >= 4 is 5.69 Å². The lowest BCUT2D eigenvalue weighted by Gasteiger charge is -2.10. The van der Waals surface area contributed by atoms with Crippen LogP contribution in [0.25, 0.3) is 0 Å². The summed E-state index contributed by atoms with van der Waals surface area (Å²) in [5.74, 6) is 0.357. The lowest BCUT2D eigenvalue weighted by molar-refractivity contribution is 0.272. The summed E-state index contributed by atoms with van der Waals surface area (Å²) in [6.07, 6.45) is 2.38. The fourth-order valence-corrected chi connectivity index (χ4v) is 1.21. The van der Waals surface area contributed by atoms with Crippen LogP contribution in [0.3, 0.4) is 0 Å². The average Bonchev–Trinajstić information content (AvgIpc) is 2.25. The monoisotopic (exact) mass is 220 g/mol. The molecule has 5 nitrogen and oxygen atoms in total. The van der Waals surface area contributed by atoms with Gasteiger partial charge in [0, 0.05) is 6.54 Å². The number of nitrogens with two attached hydrogens (primary N) is 1. The quantitative estimate of drug-likeness (QED) is 0.745. The highest BCUT2D eigenvalue weighted by atomic mass is 16.5. The molecule has 0 radical (unpaired) electrons. The van der Waals surface area contributed by atoms with Crippen LogP contribution in [0.2, 0.25) is 0 Å². The van der Waals surface area contributed by atoms with Gasteiger partial charge in [0.1, 0.15) is 11.6 Å². The second-order valence-electron chi connectivity index (χ2n) is 3.74. The second-order valence-corrected chi connectivity index (χ2v) is 3.74. The molecule has 16 heavy (non-hydrogen) atoms. The molecule has 0 bridgehead atoms. The summed E-state index contributed by atoms with van der Waals surface area (Å²) >= 11 is 0. The Morgan fingerprint density at radius 3 is 2.94 bits per heavy atom. The Kier molecular flexibility index (Phi) is 4.55. The molecule has 0 saturated carbocycles. The van der Waals surface area contributed by atoms with Crippen LogP contribution in [0.1, 0.15) is 12.0 Å². The molecule has 1 rings (SSSR count). The first-order chi connectivity index (χ1) is 7.63. The highest BCUT2D eigenvalue weighted by molar-refractivity contribution is 5.48. The maximum absolute atomic E-state index is 8.85. The topological polar surface area (TPSA) is 75.2 Å². The number of hydrogen-bond donors (Lipinski definition) is 1. The first kappa shape index (κ1) is 12.3. The van der Waals surface area contributed by atoms with Crippen LogP contribution in [0.5, 0.6) is 5.88 Å². The summed E-state index contributed by atoms with van der Waals surface area (Å²) in [5.41, 5.74) is 6.37. The molecular weight excluding hydrogens is 204 g/mol. The van der Waals surface area contributed by atoms with Crippen LogP contribution in [0.15, 0.2) is 12.3 Å². The van der Waals surface area contributed by atoms with Crippen molar-refractivity contribution in [2.75, 3.05) is 33.0 Å². The molecule has 0 spiro atoms.